The fourth-order valence-corrected chi connectivity index (χ4v) is 4.17. The van der Waals surface area contributed by atoms with Crippen LogP contribution >= 0.6 is 11.3 Å². The lowest BCUT2D eigenvalue weighted by Crippen LogP contribution is -2.43. The standard InChI is InChI=1S/C15H19N5O4S2/c16-26(23,24)13-1-2-14(15(7-13)20(21)22)19(8-11-9-25-10-18-11)12-3-5-17-6-4-12/h1-2,7,9-10,12,17H,3-6,8H2,(H2,16,23,24). The van der Waals surface area contributed by atoms with Crippen LogP contribution < -0.4 is 15.4 Å². The Kier molecular flexibility index (Phi) is 5.51. The van der Waals surface area contributed by atoms with Gasteiger partial charge in [-0.15, -0.1) is 11.3 Å². The van der Waals surface area contributed by atoms with E-state index in [0.29, 0.717) is 12.2 Å². The lowest BCUT2D eigenvalue weighted by molar-refractivity contribution is -0.384. The van der Waals surface area contributed by atoms with Gasteiger partial charge in [0.1, 0.15) is 5.69 Å². The SMILES string of the molecule is NS(=O)(=O)c1ccc(N(Cc2cscn2)C2CCNCC2)c([N+](=O)[O-])c1. The number of aromatic nitrogens is 1. The average molecular weight is 397 g/mol. The van der Waals surface area contributed by atoms with Crippen molar-refractivity contribution in [3.63, 3.8) is 0 Å². The molecule has 0 radical (unpaired) electrons. The highest BCUT2D eigenvalue weighted by Gasteiger charge is 2.29. The van der Waals surface area contributed by atoms with Crippen molar-refractivity contribution in [1.82, 2.24) is 10.3 Å². The summed E-state index contributed by atoms with van der Waals surface area (Å²) in [5.74, 6) is 0. The number of piperidine rings is 1. The zero-order valence-corrected chi connectivity index (χ0v) is 15.5. The number of nitrogens with two attached hydrogens (primary N) is 1. The van der Waals surface area contributed by atoms with Crippen LogP contribution in [0.4, 0.5) is 11.4 Å². The van der Waals surface area contributed by atoms with Crippen molar-refractivity contribution in [3.8, 4) is 0 Å². The van der Waals surface area contributed by atoms with Crippen LogP contribution in [0.1, 0.15) is 18.5 Å². The van der Waals surface area contributed by atoms with Crippen molar-refractivity contribution >= 4 is 32.7 Å². The van der Waals surface area contributed by atoms with Gasteiger partial charge in [0.15, 0.2) is 0 Å². The highest BCUT2D eigenvalue weighted by molar-refractivity contribution is 7.89. The van der Waals surface area contributed by atoms with Gasteiger partial charge in [0.2, 0.25) is 10.0 Å². The molecule has 0 unspecified atom stereocenters. The van der Waals surface area contributed by atoms with E-state index in [1.54, 1.807) is 5.51 Å². The van der Waals surface area contributed by atoms with Gasteiger partial charge in [-0.05, 0) is 38.1 Å². The molecule has 0 amide bonds. The van der Waals surface area contributed by atoms with Crippen LogP contribution in [0.2, 0.25) is 0 Å². The van der Waals surface area contributed by atoms with E-state index in [1.807, 2.05) is 10.3 Å². The largest absolute Gasteiger partial charge is 0.357 e. The van der Waals surface area contributed by atoms with Gasteiger partial charge in [0.05, 0.1) is 27.6 Å². The monoisotopic (exact) mass is 397 g/mol. The number of benzene rings is 1. The smallest absolute Gasteiger partial charge is 0.293 e. The summed E-state index contributed by atoms with van der Waals surface area (Å²) in [4.78, 5) is 17.0. The third kappa shape index (κ3) is 4.18. The summed E-state index contributed by atoms with van der Waals surface area (Å²) in [6, 6.07) is 3.90. The van der Waals surface area contributed by atoms with Gasteiger partial charge >= 0.3 is 0 Å². The van der Waals surface area contributed by atoms with Crippen LogP contribution in [0.25, 0.3) is 0 Å². The molecule has 2 heterocycles. The lowest BCUT2D eigenvalue weighted by Gasteiger charge is -2.35. The summed E-state index contributed by atoms with van der Waals surface area (Å²) in [6.45, 7) is 2.06. The van der Waals surface area contributed by atoms with E-state index < -0.39 is 14.9 Å². The second kappa shape index (κ2) is 7.66. The van der Waals surface area contributed by atoms with Gasteiger partial charge in [-0.25, -0.2) is 18.5 Å². The van der Waals surface area contributed by atoms with Crippen molar-refractivity contribution < 1.29 is 13.3 Å². The number of primary sulfonamides is 1. The zero-order chi connectivity index (χ0) is 18.7. The minimum absolute atomic E-state index is 0.0944. The van der Waals surface area contributed by atoms with E-state index in [0.717, 1.165) is 37.7 Å². The third-order valence-electron chi connectivity index (χ3n) is 4.35. The van der Waals surface area contributed by atoms with Crippen LogP contribution in [0, 0.1) is 10.1 Å². The van der Waals surface area contributed by atoms with E-state index in [2.05, 4.69) is 10.3 Å². The molecule has 26 heavy (non-hydrogen) atoms. The molecule has 1 fully saturated rings. The average Bonchev–Trinajstić information content (AvgIpc) is 3.12. The lowest BCUT2D eigenvalue weighted by atomic mass is 10.0. The van der Waals surface area contributed by atoms with E-state index in [-0.39, 0.29) is 16.6 Å². The molecule has 1 aromatic heterocycles. The normalized spacial score (nSPS) is 15.7. The Morgan fingerprint density at radius 3 is 2.69 bits per heavy atom. The van der Waals surface area contributed by atoms with Crippen LogP contribution in [-0.2, 0) is 16.6 Å². The highest BCUT2D eigenvalue weighted by Crippen LogP contribution is 2.34. The first-order valence-electron chi connectivity index (χ1n) is 8.02. The van der Waals surface area contributed by atoms with Gasteiger partial charge in [0, 0.05) is 17.5 Å². The molecule has 0 saturated carbocycles. The van der Waals surface area contributed by atoms with Crippen LogP contribution in [0.15, 0.2) is 34.0 Å². The van der Waals surface area contributed by atoms with Crippen molar-refractivity contribution in [2.75, 3.05) is 18.0 Å². The van der Waals surface area contributed by atoms with Crippen molar-refractivity contribution in [2.45, 2.75) is 30.3 Å². The molecule has 11 heteroatoms. The maximum absolute atomic E-state index is 11.6. The Hall–Kier alpha value is -2.08. The molecule has 1 aromatic carbocycles. The summed E-state index contributed by atoms with van der Waals surface area (Å²) in [5.41, 5.74) is 2.64. The summed E-state index contributed by atoms with van der Waals surface area (Å²) < 4.78 is 23.1. The summed E-state index contributed by atoms with van der Waals surface area (Å²) >= 11 is 1.46. The van der Waals surface area contributed by atoms with Crippen LogP contribution in [-0.4, -0.2) is 37.5 Å². The predicted octanol–water partition coefficient (Wildman–Crippen LogP) is 1.46. The minimum Gasteiger partial charge on any atom is -0.357 e. The predicted molar refractivity (Wildman–Crippen MR) is 98.7 cm³/mol. The number of nitrogens with one attached hydrogen (secondary N) is 1. The summed E-state index contributed by atoms with van der Waals surface area (Å²) in [5, 5.41) is 21.9. The first-order chi connectivity index (χ1) is 12.4. The molecule has 0 spiro atoms. The molecule has 3 N–H and O–H groups in total. The number of hydrogen-bond acceptors (Lipinski definition) is 8. The quantitative estimate of drug-likeness (QED) is 0.557. The van der Waals surface area contributed by atoms with E-state index in [1.165, 1.54) is 23.5 Å². The van der Waals surface area contributed by atoms with E-state index in [4.69, 9.17) is 5.14 Å². The first kappa shape index (κ1) is 18.7. The van der Waals surface area contributed by atoms with E-state index in [9.17, 15) is 18.5 Å². The van der Waals surface area contributed by atoms with E-state index >= 15 is 0 Å². The number of rotatable bonds is 6. The number of sulfonamides is 1. The Balaban J connectivity index is 2.05. The number of thiazole rings is 1. The molecule has 0 aliphatic carbocycles. The third-order valence-corrected chi connectivity index (χ3v) is 5.89. The van der Waals surface area contributed by atoms with Crippen LogP contribution in [0.5, 0.6) is 0 Å². The van der Waals surface area contributed by atoms with Gasteiger partial charge < -0.3 is 10.2 Å². The fraction of sp³-hybridized carbons (Fsp3) is 0.400. The Bertz CT molecular complexity index is 879. The molecule has 140 valence electrons. The maximum atomic E-state index is 11.6. The minimum atomic E-state index is -4.02. The number of nitro benzene ring substituents is 1. The fourth-order valence-electron chi connectivity index (χ4n) is 3.09. The molecule has 9 nitrogen and oxygen atoms in total. The second-order valence-electron chi connectivity index (χ2n) is 6.04. The zero-order valence-electron chi connectivity index (χ0n) is 13.9. The van der Waals surface area contributed by atoms with Gasteiger partial charge in [-0.2, -0.15) is 0 Å². The summed E-state index contributed by atoms with van der Waals surface area (Å²) in [7, 11) is -4.02. The molecule has 1 aliphatic rings. The van der Waals surface area contributed by atoms with Crippen molar-refractivity contribution in [2.24, 2.45) is 5.14 Å². The topological polar surface area (TPSA) is 131 Å². The number of anilines is 1. The Labute approximate surface area is 155 Å². The Morgan fingerprint density at radius 2 is 2.12 bits per heavy atom. The summed E-state index contributed by atoms with van der Waals surface area (Å²) in [6.07, 6.45) is 1.66. The maximum Gasteiger partial charge on any atom is 0.293 e. The van der Waals surface area contributed by atoms with Crippen LogP contribution in [0.3, 0.4) is 0 Å². The highest BCUT2D eigenvalue weighted by atomic mass is 32.2. The molecule has 3 rings (SSSR count). The van der Waals surface area contributed by atoms with Gasteiger partial charge in [-0.1, -0.05) is 0 Å². The molecule has 1 saturated heterocycles. The Morgan fingerprint density at radius 1 is 1.38 bits per heavy atom. The number of nitro groups is 1. The van der Waals surface area contributed by atoms with Gasteiger partial charge in [-0.3, -0.25) is 10.1 Å². The molecule has 2 aromatic rings. The molecular weight excluding hydrogens is 378 g/mol. The molecule has 0 atom stereocenters. The second-order valence-corrected chi connectivity index (χ2v) is 8.32. The number of hydrogen-bond donors (Lipinski definition) is 2. The first-order valence-corrected chi connectivity index (χ1v) is 10.5. The molecule has 1 aliphatic heterocycles. The molecule has 0 bridgehead atoms. The van der Waals surface area contributed by atoms with Gasteiger partial charge in [0.25, 0.3) is 5.69 Å². The van der Waals surface area contributed by atoms with Crippen molar-refractivity contribution in [3.05, 3.63) is 44.9 Å². The molecular formula is C15H19N5O4S2. The van der Waals surface area contributed by atoms with Crippen molar-refractivity contribution in [1.29, 1.82) is 0 Å². The number of nitrogens with zero attached hydrogens (tertiary/aromatic N) is 3.